The summed E-state index contributed by atoms with van der Waals surface area (Å²) in [4.78, 5) is 8.94. The van der Waals surface area contributed by atoms with Crippen molar-refractivity contribution in [1.29, 1.82) is 0 Å². The van der Waals surface area contributed by atoms with Crippen LogP contribution in [0.3, 0.4) is 0 Å². The first-order valence-corrected chi connectivity index (χ1v) is 8.75. The maximum Gasteiger partial charge on any atom is 0.158 e. The van der Waals surface area contributed by atoms with E-state index in [1.807, 2.05) is 17.8 Å². The summed E-state index contributed by atoms with van der Waals surface area (Å²) in [5.74, 6) is 2.39. The maximum atomic E-state index is 5.14. The molecule has 1 aromatic heterocycles. The number of nitrogens with one attached hydrogen (secondary N) is 2. The Morgan fingerprint density at radius 1 is 1.14 bits per heavy atom. The molecule has 21 heavy (non-hydrogen) atoms. The molecule has 6 heteroatoms. The molecule has 0 saturated carbocycles. The molecular weight excluding hydrogens is 284 g/mol. The number of nitrogens with zero attached hydrogens (tertiary/aromatic N) is 2. The Kier molecular flexibility index (Phi) is 7.82. The van der Waals surface area contributed by atoms with Gasteiger partial charge in [-0.1, -0.05) is 13.8 Å². The summed E-state index contributed by atoms with van der Waals surface area (Å²) in [6, 6.07) is 1.96. The summed E-state index contributed by atoms with van der Waals surface area (Å²) in [6.45, 7) is 8.68. The van der Waals surface area contributed by atoms with Crippen LogP contribution in [0.15, 0.2) is 6.07 Å². The topological polar surface area (TPSA) is 59.1 Å². The fourth-order valence-corrected chi connectivity index (χ4v) is 2.96. The van der Waals surface area contributed by atoms with Crippen molar-refractivity contribution < 1.29 is 4.74 Å². The fraction of sp³-hybridized carbons (Fsp3) is 0.733. The normalized spacial score (nSPS) is 11.5. The van der Waals surface area contributed by atoms with Gasteiger partial charge in [0.15, 0.2) is 5.82 Å². The first kappa shape index (κ1) is 18.0. The predicted molar refractivity (Wildman–Crippen MR) is 92.2 cm³/mol. The van der Waals surface area contributed by atoms with Crippen molar-refractivity contribution in [2.24, 2.45) is 0 Å². The second-order valence-electron chi connectivity index (χ2n) is 4.97. The number of aromatic nitrogens is 2. The van der Waals surface area contributed by atoms with Crippen LogP contribution in [-0.4, -0.2) is 41.2 Å². The fourth-order valence-electron chi connectivity index (χ4n) is 2.17. The second kappa shape index (κ2) is 9.10. The molecule has 1 aromatic rings. The Morgan fingerprint density at radius 2 is 1.76 bits per heavy atom. The zero-order chi connectivity index (χ0) is 15.7. The molecule has 0 unspecified atom stereocenters. The van der Waals surface area contributed by atoms with Crippen molar-refractivity contribution in [2.45, 2.75) is 45.0 Å². The molecule has 5 nitrogen and oxygen atoms in total. The molecule has 1 rings (SSSR count). The van der Waals surface area contributed by atoms with Gasteiger partial charge < -0.3 is 15.4 Å². The zero-order valence-corrected chi connectivity index (χ0v) is 14.6. The molecule has 120 valence electrons. The molecule has 0 aliphatic rings. The third-order valence-electron chi connectivity index (χ3n) is 3.72. The summed E-state index contributed by atoms with van der Waals surface area (Å²) in [5, 5.41) is 6.70. The van der Waals surface area contributed by atoms with Gasteiger partial charge in [-0.25, -0.2) is 9.97 Å². The van der Waals surface area contributed by atoms with Crippen molar-refractivity contribution in [1.82, 2.24) is 9.97 Å². The summed E-state index contributed by atoms with van der Waals surface area (Å²) in [6.07, 6.45) is 4.44. The van der Waals surface area contributed by atoms with E-state index in [1.54, 1.807) is 7.11 Å². The van der Waals surface area contributed by atoms with Gasteiger partial charge in [0.2, 0.25) is 0 Å². The van der Waals surface area contributed by atoms with Crippen molar-refractivity contribution >= 4 is 23.4 Å². The number of hydrogen-bond acceptors (Lipinski definition) is 6. The van der Waals surface area contributed by atoms with Crippen molar-refractivity contribution in [3.63, 3.8) is 0 Å². The van der Waals surface area contributed by atoms with Gasteiger partial charge in [0.05, 0.1) is 0 Å². The molecule has 0 spiro atoms. The Balaban J connectivity index is 2.85. The van der Waals surface area contributed by atoms with E-state index >= 15 is 0 Å². The maximum absolute atomic E-state index is 5.14. The van der Waals surface area contributed by atoms with E-state index in [0.717, 1.165) is 37.6 Å². The molecule has 1 heterocycles. The molecule has 0 saturated heterocycles. The highest BCUT2D eigenvalue weighted by Crippen LogP contribution is 2.30. The number of anilines is 2. The molecule has 0 bridgehead atoms. The average Bonchev–Trinajstić information content (AvgIpc) is 2.50. The van der Waals surface area contributed by atoms with Crippen LogP contribution in [0.2, 0.25) is 0 Å². The second-order valence-corrected chi connectivity index (χ2v) is 6.24. The SMILES string of the molecule is CCNc1cc(NCC(CC)(CC)SC)nc(COC)n1. The monoisotopic (exact) mass is 312 g/mol. The van der Waals surface area contributed by atoms with E-state index in [4.69, 9.17) is 4.74 Å². The van der Waals surface area contributed by atoms with Gasteiger partial charge in [0.1, 0.15) is 18.2 Å². The van der Waals surface area contributed by atoms with Crippen LogP contribution in [0.1, 0.15) is 39.4 Å². The van der Waals surface area contributed by atoms with Gasteiger partial charge in [-0.05, 0) is 26.0 Å². The molecule has 0 atom stereocenters. The Labute approximate surface area is 132 Å². The van der Waals surface area contributed by atoms with E-state index in [0.29, 0.717) is 12.4 Å². The van der Waals surface area contributed by atoms with Crippen molar-refractivity contribution in [2.75, 3.05) is 37.1 Å². The van der Waals surface area contributed by atoms with Crippen LogP contribution in [0, 0.1) is 0 Å². The van der Waals surface area contributed by atoms with Crippen LogP contribution in [0.4, 0.5) is 11.6 Å². The Morgan fingerprint density at radius 3 is 2.24 bits per heavy atom. The highest BCUT2D eigenvalue weighted by atomic mass is 32.2. The predicted octanol–water partition coefficient (Wildman–Crippen LogP) is 3.39. The average molecular weight is 312 g/mol. The van der Waals surface area contributed by atoms with Gasteiger partial charge >= 0.3 is 0 Å². The van der Waals surface area contributed by atoms with E-state index in [-0.39, 0.29) is 4.75 Å². The van der Waals surface area contributed by atoms with E-state index in [1.165, 1.54) is 0 Å². The molecule has 2 N–H and O–H groups in total. The molecule has 0 amide bonds. The number of thioether (sulfide) groups is 1. The first-order chi connectivity index (χ1) is 10.1. The smallest absolute Gasteiger partial charge is 0.158 e. The van der Waals surface area contributed by atoms with E-state index in [9.17, 15) is 0 Å². The van der Waals surface area contributed by atoms with Crippen LogP contribution >= 0.6 is 11.8 Å². The van der Waals surface area contributed by atoms with Gasteiger partial charge in [-0.2, -0.15) is 11.8 Å². The molecule has 0 fully saturated rings. The van der Waals surface area contributed by atoms with Gasteiger partial charge in [0.25, 0.3) is 0 Å². The van der Waals surface area contributed by atoms with Crippen LogP contribution in [-0.2, 0) is 11.3 Å². The molecule has 0 aliphatic heterocycles. The lowest BCUT2D eigenvalue weighted by Gasteiger charge is -2.30. The number of ether oxygens (including phenoxy) is 1. The number of methoxy groups -OCH3 is 1. The zero-order valence-electron chi connectivity index (χ0n) is 13.8. The lowest BCUT2D eigenvalue weighted by Crippen LogP contribution is -2.32. The largest absolute Gasteiger partial charge is 0.377 e. The highest BCUT2D eigenvalue weighted by Gasteiger charge is 2.24. The number of hydrogen-bond donors (Lipinski definition) is 2. The minimum absolute atomic E-state index is 0.255. The lowest BCUT2D eigenvalue weighted by atomic mass is 10.0. The molecule has 0 aromatic carbocycles. The summed E-state index contributed by atoms with van der Waals surface area (Å²) in [7, 11) is 1.66. The molecule has 0 radical (unpaired) electrons. The van der Waals surface area contributed by atoms with Crippen molar-refractivity contribution in [3.8, 4) is 0 Å². The van der Waals surface area contributed by atoms with Gasteiger partial charge in [0, 0.05) is 31.0 Å². The van der Waals surface area contributed by atoms with Gasteiger partial charge in [-0.3, -0.25) is 0 Å². The highest BCUT2D eigenvalue weighted by molar-refractivity contribution is 8.00. The number of rotatable bonds is 10. The van der Waals surface area contributed by atoms with Crippen LogP contribution < -0.4 is 10.6 Å². The molecular formula is C15H28N4OS. The summed E-state index contributed by atoms with van der Waals surface area (Å²) in [5.41, 5.74) is 0. The van der Waals surface area contributed by atoms with E-state index < -0.39 is 0 Å². The first-order valence-electron chi connectivity index (χ1n) is 7.52. The summed E-state index contributed by atoms with van der Waals surface area (Å²) >= 11 is 1.92. The van der Waals surface area contributed by atoms with Crippen molar-refractivity contribution in [3.05, 3.63) is 11.9 Å². The van der Waals surface area contributed by atoms with Gasteiger partial charge in [-0.15, -0.1) is 0 Å². The third kappa shape index (κ3) is 5.36. The van der Waals surface area contributed by atoms with E-state index in [2.05, 4.69) is 47.6 Å². The summed E-state index contributed by atoms with van der Waals surface area (Å²) < 4.78 is 5.39. The Bertz CT molecular complexity index is 392. The quantitative estimate of drug-likeness (QED) is 0.690. The minimum Gasteiger partial charge on any atom is -0.377 e. The Hall–Kier alpha value is -1.01. The van der Waals surface area contributed by atoms with Crippen LogP contribution in [0.25, 0.3) is 0 Å². The van der Waals surface area contributed by atoms with Crippen LogP contribution in [0.5, 0.6) is 0 Å². The minimum atomic E-state index is 0.255. The standard InChI is InChI=1S/C15H28N4OS/c1-6-15(7-2,21-5)11-17-13-9-12(16-8-3)18-14(19-13)10-20-4/h9H,6-8,10-11H2,1-5H3,(H2,16,17,18,19). The third-order valence-corrected chi connectivity index (χ3v) is 5.30. The molecule has 0 aliphatic carbocycles. The lowest BCUT2D eigenvalue weighted by molar-refractivity contribution is 0.178.